The number of carbonyl (C=O) groups excluding carboxylic acids is 1. The molecule has 0 bridgehead atoms. The summed E-state index contributed by atoms with van der Waals surface area (Å²) in [7, 11) is 1.34. The van der Waals surface area contributed by atoms with Gasteiger partial charge in [0.1, 0.15) is 17.5 Å². The molecular weight excluding hydrogens is 306 g/mol. The van der Waals surface area contributed by atoms with Crippen molar-refractivity contribution in [2.45, 2.75) is 31.7 Å². The Kier molecular flexibility index (Phi) is 4.43. The van der Waals surface area contributed by atoms with Crippen LogP contribution in [0.25, 0.3) is 0 Å². The van der Waals surface area contributed by atoms with Crippen molar-refractivity contribution < 1.29 is 14.3 Å². The van der Waals surface area contributed by atoms with E-state index in [-0.39, 0.29) is 6.04 Å². The molecule has 6 nitrogen and oxygen atoms in total. The van der Waals surface area contributed by atoms with Crippen molar-refractivity contribution in [2.75, 3.05) is 12.8 Å². The molecule has 1 saturated carbocycles. The number of benzene rings is 1. The van der Waals surface area contributed by atoms with Gasteiger partial charge < -0.3 is 15.2 Å². The van der Waals surface area contributed by atoms with Crippen molar-refractivity contribution in [1.82, 2.24) is 4.57 Å². The summed E-state index contributed by atoms with van der Waals surface area (Å²) in [5.41, 5.74) is 7.46. The second kappa shape index (κ2) is 6.67. The molecule has 2 N–H and O–H groups in total. The first-order valence-corrected chi connectivity index (χ1v) is 7.91. The van der Waals surface area contributed by atoms with Gasteiger partial charge in [-0.15, -0.1) is 0 Å². The van der Waals surface area contributed by atoms with Crippen LogP contribution in [0.15, 0.2) is 30.3 Å². The Morgan fingerprint density at radius 2 is 1.96 bits per heavy atom. The Morgan fingerprint density at radius 1 is 1.29 bits per heavy atom. The number of nitrogens with zero attached hydrogens (tertiary/aromatic N) is 2. The van der Waals surface area contributed by atoms with E-state index in [4.69, 9.17) is 10.5 Å². The molecule has 124 valence electrons. The molecule has 1 heterocycles. The Labute approximate surface area is 140 Å². The van der Waals surface area contributed by atoms with Crippen LogP contribution in [0.4, 0.5) is 5.69 Å². The number of hydrogen-bond donors (Lipinski definition) is 1. The summed E-state index contributed by atoms with van der Waals surface area (Å²) in [5, 5.41) is 9.37. The highest BCUT2D eigenvalue weighted by Gasteiger charge is 2.25. The van der Waals surface area contributed by atoms with Crippen molar-refractivity contribution in [3.8, 4) is 17.7 Å². The number of anilines is 1. The van der Waals surface area contributed by atoms with Crippen LogP contribution in [-0.4, -0.2) is 17.6 Å². The number of rotatable bonds is 4. The van der Waals surface area contributed by atoms with Crippen molar-refractivity contribution in [1.29, 1.82) is 5.26 Å². The van der Waals surface area contributed by atoms with E-state index in [1.165, 1.54) is 7.11 Å². The lowest BCUT2D eigenvalue weighted by Crippen LogP contribution is -2.09. The Morgan fingerprint density at radius 3 is 2.54 bits per heavy atom. The summed E-state index contributed by atoms with van der Waals surface area (Å²) < 4.78 is 12.5. The molecule has 1 aromatic heterocycles. The van der Waals surface area contributed by atoms with Crippen LogP contribution in [0, 0.1) is 11.3 Å². The standard InChI is InChI=1S/C18H19N3O3/c1-23-18(22)12-6-8-15(9-7-12)24-17-16(20)10-14(11-19)21(17)13-4-2-3-5-13/h6-10,13H,2-5,20H2,1H3. The summed E-state index contributed by atoms with van der Waals surface area (Å²) in [6.45, 7) is 0. The molecular formula is C18H19N3O3. The molecule has 0 amide bonds. The number of nitrogen functional groups attached to an aromatic ring is 1. The van der Waals surface area contributed by atoms with Gasteiger partial charge in [-0.25, -0.2) is 4.79 Å². The number of methoxy groups -OCH3 is 1. The molecule has 0 saturated heterocycles. The zero-order valence-corrected chi connectivity index (χ0v) is 13.5. The van der Waals surface area contributed by atoms with E-state index in [1.807, 2.05) is 4.57 Å². The fourth-order valence-electron chi connectivity index (χ4n) is 3.13. The number of aromatic nitrogens is 1. The number of nitriles is 1. The van der Waals surface area contributed by atoms with Crippen LogP contribution in [0.5, 0.6) is 11.6 Å². The topological polar surface area (TPSA) is 90.3 Å². The zero-order valence-electron chi connectivity index (χ0n) is 13.5. The monoisotopic (exact) mass is 325 g/mol. The van der Waals surface area contributed by atoms with E-state index in [0.717, 1.165) is 25.7 Å². The third kappa shape index (κ3) is 2.93. The number of hydrogen-bond acceptors (Lipinski definition) is 5. The summed E-state index contributed by atoms with van der Waals surface area (Å²) in [4.78, 5) is 11.5. The second-order valence-corrected chi connectivity index (χ2v) is 5.83. The molecule has 3 rings (SSSR count). The molecule has 6 heteroatoms. The average molecular weight is 325 g/mol. The van der Waals surface area contributed by atoms with Crippen LogP contribution in [0.2, 0.25) is 0 Å². The predicted octanol–water partition coefficient (Wildman–Crippen LogP) is 3.64. The van der Waals surface area contributed by atoms with Gasteiger partial charge in [0.05, 0.1) is 18.4 Å². The molecule has 1 aliphatic rings. The Hall–Kier alpha value is -2.94. The Bertz CT molecular complexity index is 781. The first-order chi connectivity index (χ1) is 11.6. The third-order valence-electron chi connectivity index (χ3n) is 4.31. The molecule has 0 unspecified atom stereocenters. The summed E-state index contributed by atoms with van der Waals surface area (Å²) in [6, 6.07) is 10.7. The van der Waals surface area contributed by atoms with Gasteiger partial charge in [0, 0.05) is 12.1 Å². The fourth-order valence-corrected chi connectivity index (χ4v) is 3.13. The van der Waals surface area contributed by atoms with Gasteiger partial charge in [0.2, 0.25) is 5.88 Å². The summed E-state index contributed by atoms with van der Waals surface area (Å²) >= 11 is 0. The highest BCUT2D eigenvalue weighted by molar-refractivity contribution is 5.89. The zero-order chi connectivity index (χ0) is 17.1. The van der Waals surface area contributed by atoms with E-state index in [9.17, 15) is 10.1 Å². The lowest BCUT2D eigenvalue weighted by atomic mass is 10.2. The number of carbonyl (C=O) groups is 1. The molecule has 0 spiro atoms. The molecule has 2 aromatic rings. The van der Waals surface area contributed by atoms with Crippen molar-refractivity contribution in [3.05, 3.63) is 41.6 Å². The molecule has 0 radical (unpaired) electrons. The van der Waals surface area contributed by atoms with Crippen LogP contribution in [0.3, 0.4) is 0 Å². The smallest absolute Gasteiger partial charge is 0.337 e. The lowest BCUT2D eigenvalue weighted by molar-refractivity contribution is 0.0600. The molecule has 1 aromatic carbocycles. The van der Waals surface area contributed by atoms with Gasteiger partial charge in [-0.3, -0.25) is 4.57 Å². The Balaban J connectivity index is 1.91. The van der Waals surface area contributed by atoms with Crippen molar-refractivity contribution in [2.24, 2.45) is 0 Å². The number of esters is 1. The SMILES string of the molecule is COC(=O)c1ccc(Oc2c(N)cc(C#N)n2C2CCCC2)cc1. The first-order valence-electron chi connectivity index (χ1n) is 7.91. The maximum atomic E-state index is 11.5. The van der Waals surface area contributed by atoms with Crippen LogP contribution >= 0.6 is 0 Å². The maximum Gasteiger partial charge on any atom is 0.337 e. The minimum Gasteiger partial charge on any atom is -0.465 e. The van der Waals surface area contributed by atoms with E-state index in [0.29, 0.717) is 28.6 Å². The first kappa shape index (κ1) is 15.9. The fraction of sp³-hybridized carbons (Fsp3) is 0.333. The second-order valence-electron chi connectivity index (χ2n) is 5.83. The van der Waals surface area contributed by atoms with Gasteiger partial charge in [-0.2, -0.15) is 5.26 Å². The summed E-state index contributed by atoms with van der Waals surface area (Å²) in [5.74, 6) is 0.641. The maximum absolute atomic E-state index is 11.5. The quantitative estimate of drug-likeness (QED) is 0.867. The molecule has 24 heavy (non-hydrogen) atoms. The van der Waals surface area contributed by atoms with Crippen molar-refractivity contribution >= 4 is 11.7 Å². The van der Waals surface area contributed by atoms with Gasteiger partial charge >= 0.3 is 5.97 Å². The average Bonchev–Trinajstić information content (AvgIpc) is 3.23. The van der Waals surface area contributed by atoms with E-state index < -0.39 is 5.97 Å². The minimum atomic E-state index is -0.401. The normalized spacial score (nSPS) is 14.3. The van der Waals surface area contributed by atoms with Crippen LogP contribution in [0.1, 0.15) is 47.8 Å². The van der Waals surface area contributed by atoms with E-state index in [2.05, 4.69) is 10.8 Å². The van der Waals surface area contributed by atoms with Crippen LogP contribution in [-0.2, 0) is 4.74 Å². The predicted molar refractivity (Wildman–Crippen MR) is 88.9 cm³/mol. The molecule has 0 atom stereocenters. The minimum absolute atomic E-state index is 0.237. The molecule has 1 fully saturated rings. The van der Waals surface area contributed by atoms with Gasteiger partial charge in [-0.1, -0.05) is 12.8 Å². The molecule has 1 aliphatic carbocycles. The van der Waals surface area contributed by atoms with Gasteiger partial charge in [-0.05, 0) is 37.1 Å². The largest absolute Gasteiger partial charge is 0.465 e. The highest BCUT2D eigenvalue weighted by Crippen LogP contribution is 2.39. The van der Waals surface area contributed by atoms with E-state index >= 15 is 0 Å². The lowest BCUT2D eigenvalue weighted by Gasteiger charge is -2.18. The number of nitrogens with two attached hydrogens (primary N) is 1. The third-order valence-corrected chi connectivity index (χ3v) is 4.31. The number of ether oxygens (including phenoxy) is 2. The van der Waals surface area contributed by atoms with Gasteiger partial charge in [0.15, 0.2) is 0 Å². The van der Waals surface area contributed by atoms with Gasteiger partial charge in [0.25, 0.3) is 0 Å². The van der Waals surface area contributed by atoms with Crippen LogP contribution < -0.4 is 10.5 Å². The van der Waals surface area contributed by atoms with Crippen molar-refractivity contribution in [3.63, 3.8) is 0 Å². The summed E-state index contributed by atoms with van der Waals surface area (Å²) in [6.07, 6.45) is 4.31. The molecule has 0 aliphatic heterocycles. The van der Waals surface area contributed by atoms with E-state index in [1.54, 1.807) is 30.3 Å². The highest BCUT2D eigenvalue weighted by atomic mass is 16.5.